The van der Waals surface area contributed by atoms with Crippen LogP contribution in [0, 0.1) is 19.7 Å². The zero-order chi connectivity index (χ0) is 11.7. The van der Waals surface area contributed by atoms with Crippen molar-refractivity contribution in [1.29, 1.82) is 0 Å². The van der Waals surface area contributed by atoms with Gasteiger partial charge in [-0.25, -0.2) is 14.4 Å². The molecule has 0 saturated heterocycles. The minimum absolute atomic E-state index is 0.105. The zero-order valence-electron chi connectivity index (χ0n) is 8.91. The average molecular weight is 241 g/mol. The minimum Gasteiger partial charge on any atom is -0.234 e. The Bertz CT molecular complexity index is 524. The molecule has 0 aliphatic heterocycles. The molecule has 0 N–H and O–H groups in total. The highest BCUT2D eigenvalue weighted by atomic mass is 35.5. The van der Waals surface area contributed by atoms with Crippen molar-refractivity contribution in [3.63, 3.8) is 0 Å². The van der Waals surface area contributed by atoms with Gasteiger partial charge >= 0.3 is 0 Å². The molecule has 2 aromatic heterocycles. The molecule has 0 unspecified atom stereocenters. The summed E-state index contributed by atoms with van der Waals surface area (Å²) in [5.74, 6) is 0.959. The molecule has 0 aliphatic rings. The van der Waals surface area contributed by atoms with Crippen LogP contribution >= 0.6 is 11.6 Å². The minimum atomic E-state index is -0.453. The smallest absolute Gasteiger partial charge is 0.191 e. The average Bonchev–Trinajstić information content (AvgIpc) is 2.58. The van der Waals surface area contributed by atoms with Crippen molar-refractivity contribution in [2.24, 2.45) is 0 Å². The number of hydrogen-bond acceptors (Lipinski definition) is 3. The second kappa shape index (κ2) is 4.17. The molecule has 6 heteroatoms. The van der Waals surface area contributed by atoms with E-state index in [-0.39, 0.29) is 11.7 Å². The molecule has 0 aromatic carbocycles. The van der Waals surface area contributed by atoms with E-state index in [1.165, 1.54) is 10.9 Å². The van der Waals surface area contributed by atoms with Gasteiger partial charge in [-0.15, -0.1) is 16.7 Å². The lowest BCUT2D eigenvalue weighted by Crippen LogP contribution is -2.06. The molecule has 0 bridgehead atoms. The third-order valence-electron chi connectivity index (χ3n) is 2.17. The van der Waals surface area contributed by atoms with Crippen molar-refractivity contribution in [1.82, 2.24) is 19.7 Å². The predicted octanol–water partition coefficient (Wildman–Crippen LogP) is 2.16. The molecular weight excluding hydrogens is 231 g/mol. The number of halogens is 2. The maximum atomic E-state index is 13.9. The van der Waals surface area contributed by atoms with Crippen LogP contribution in [0.15, 0.2) is 12.3 Å². The molecule has 4 nitrogen and oxygen atoms in total. The van der Waals surface area contributed by atoms with Crippen LogP contribution in [-0.2, 0) is 5.88 Å². The first-order chi connectivity index (χ1) is 7.63. The summed E-state index contributed by atoms with van der Waals surface area (Å²) in [6.07, 6.45) is 1.51. The molecule has 84 valence electrons. The fourth-order valence-corrected chi connectivity index (χ4v) is 1.65. The summed E-state index contributed by atoms with van der Waals surface area (Å²) in [7, 11) is 0. The van der Waals surface area contributed by atoms with Crippen molar-refractivity contribution in [3.05, 3.63) is 35.3 Å². The van der Waals surface area contributed by atoms with Gasteiger partial charge in [0.2, 0.25) is 0 Å². The summed E-state index contributed by atoms with van der Waals surface area (Å²) in [5.41, 5.74) is 0.402. The first-order valence-corrected chi connectivity index (χ1v) is 5.27. The van der Waals surface area contributed by atoms with E-state index in [0.29, 0.717) is 17.2 Å². The van der Waals surface area contributed by atoms with Gasteiger partial charge in [-0.3, -0.25) is 0 Å². The molecule has 0 amide bonds. The number of aryl methyl sites for hydroxylation is 2. The van der Waals surface area contributed by atoms with Gasteiger partial charge in [-0.2, -0.15) is 4.68 Å². The van der Waals surface area contributed by atoms with E-state index in [0.717, 1.165) is 0 Å². The molecule has 0 fully saturated rings. The van der Waals surface area contributed by atoms with Crippen LogP contribution in [0.4, 0.5) is 4.39 Å². The third-order valence-corrected chi connectivity index (χ3v) is 2.46. The quantitative estimate of drug-likeness (QED) is 0.756. The van der Waals surface area contributed by atoms with Gasteiger partial charge in [0, 0.05) is 11.8 Å². The lowest BCUT2D eigenvalue weighted by atomic mass is 10.3. The van der Waals surface area contributed by atoms with E-state index in [2.05, 4.69) is 15.1 Å². The number of nitrogens with zero attached hydrogens (tertiary/aromatic N) is 4. The Kier molecular flexibility index (Phi) is 2.87. The lowest BCUT2D eigenvalue weighted by Gasteiger charge is -2.05. The number of rotatable bonds is 2. The number of pyridine rings is 1. The zero-order valence-corrected chi connectivity index (χ0v) is 9.66. The van der Waals surface area contributed by atoms with Crippen LogP contribution in [0.5, 0.6) is 0 Å². The lowest BCUT2D eigenvalue weighted by molar-refractivity contribution is 0.587. The Hall–Kier alpha value is -1.49. The Balaban J connectivity index is 2.60. The van der Waals surface area contributed by atoms with Crippen LogP contribution in [0.25, 0.3) is 5.82 Å². The maximum Gasteiger partial charge on any atom is 0.191 e. The number of alkyl halides is 1. The van der Waals surface area contributed by atoms with Crippen LogP contribution in [0.2, 0.25) is 0 Å². The molecule has 2 aromatic rings. The summed E-state index contributed by atoms with van der Waals surface area (Å²) in [6, 6.07) is 1.55. The largest absolute Gasteiger partial charge is 0.234 e. The number of aromatic nitrogens is 4. The van der Waals surface area contributed by atoms with Gasteiger partial charge in [-0.1, -0.05) is 0 Å². The molecule has 16 heavy (non-hydrogen) atoms. The summed E-state index contributed by atoms with van der Waals surface area (Å²) in [5, 5.41) is 4.08. The molecule has 2 heterocycles. The van der Waals surface area contributed by atoms with Crippen LogP contribution in [-0.4, -0.2) is 19.7 Å². The third kappa shape index (κ3) is 1.78. The Morgan fingerprint density at radius 1 is 1.44 bits per heavy atom. The second-order valence-corrected chi connectivity index (χ2v) is 3.63. The molecule has 2 rings (SSSR count). The van der Waals surface area contributed by atoms with Gasteiger partial charge in [0.05, 0.1) is 5.88 Å². The predicted molar refractivity (Wildman–Crippen MR) is 58.1 cm³/mol. The molecular formula is C10H10ClFN4. The van der Waals surface area contributed by atoms with E-state index >= 15 is 0 Å². The number of hydrogen-bond donors (Lipinski definition) is 0. The normalized spacial score (nSPS) is 10.8. The first-order valence-electron chi connectivity index (χ1n) is 4.73. The van der Waals surface area contributed by atoms with Crippen LogP contribution in [0.1, 0.15) is 17.2 Å². The molecule has 0 saturated carbocycles. The Morgan fingerprint density at radius 3 is 2.75 bits per heavy atom. The van der Waals surface area contributed by atoms with Crippen molar-refractivity contribution < 1.29 is 4.39 Å². The fraction of sp³-hybridized carbons (Fsp3) is 0.300. The summed E-state index contributed by atoms with van der Waals surface area (Å²) in [6.45, 7) is 3.49. The van der Waals surface area contributed by atoms with E-state index in [9.17, 15) is 4.39 Å². The van der Waals surface area contributed by atoms with Gasteiger partial charge < -0.3 is 0 Å². The van der Waals surface area contributed by atoms with Crippen molar-refractivity contribution in [2.45, 2.75) is 19.7 Å². The van der Waals surface area contributed by atoms with Crippen LogP contribution in [0.3, 0.4) is 0 Å². The first kappa shape index (κ1) is 11.0. The highest BCUT2D eigenvalue weighted by molar-refractivity contribution is 6.17. The monoisotopic (exact) mass is 240 g/mol. The standard InChI is InChI=1S/C10H10ClFN4/c1-6-14-7(2)16(15-6)10-9(12)8(5-11)3-4-13-10/h3-4H,5H2,1-2H3. The Labute approximate surface area is 97.1 Å². The molecule has 0 radical (unpaired) electrons. The van der Waals surface area contributed by atoms with E-state index in [4.69, 9.17) is 11.6 Å². The van der Waals surface area contributed by atoms with Crippen molar-refractivity contribution in [2.75, 3.05) is 0 Å². The highest BCUT2D eigenvalue weighted by Gasteiger charge is 2.14. The maximum absolute atomic E-state index is 13.9. The molecule has 0 spiro atoms. The Morgan fingerprint density at radius 2 is 2.19 bits per heavy atom. The topological polar surface area (TPSA) is 43.6 Å². The summed E-state index contributed by atoms with van der Waals surface area (Å²) in [4.78, 5) is 8.05. The van der Waals surface area contributed by atoms with Crippen molar-refractivity contribution in [3.8, 4) is 5.82 Å². The van der Waals surface area contributed by atoms with E-state index in [1.54, 1.807) is 19.9 Å². The van der Waals surface area contributed by atoms with Gasteiger partial charge in [0.25, 0.3) is 0 Å². The fourth-order valence-electron chi connectivity index (χ4n) is 1.44. The second-order valence-electron chi connectivity index (χ2n) is 3.36. The van der Waals surface area contributed by atoms with Gasteiger partial charge in [0.15, 0.2) is 11.6 Å². The van der Waals surface area contributed by atoms with Gasteiger partial charge in [0.1, 0.15) is 11.6 Å². The summed E-state index contributed by atoms with van der Waals surface area (Å²) < 4.78 is 15.3. The van der Waals surface area contributed by atoms with Crippen molar-refractivity contribution >= 4 is 11.6 Å². The summed E-state index contributed by atoms with van der Waals surface area (Å²) >= 11 is 5.62. The molecule has 0 aliphatic carbocycles. The SMILES string of the molecule is Cc1nc(C)n(-c2nccc(CCl)c2F)n1. The van der Waals surface area contributed by atoms with Gasteiger partial charge in [-0.05, 0) is 19.9 Å². The highest BCUT2D eigenvalue weighted by Crippen LogP contribution is 2.16. The van der Waals surface area contributed by atoms with E-state index < -0.39 is 5.82 Å². The van der Waals surface area contributed by atoms with E-state index in [1.807, 2.05) is 0 Å². The molecule has 0 atom stereocenters. The van der Waals surface area contributed by atoms with Crippen LogP contribution < -0.4 is 0 Å².